The van der Waals surface area contributed by atoms with E-state index in [0.29, 0.717) is 32.1 Å². The molecule has 1 saturated heterocycles. The average Bonchev–Trinajstić information content (AvgIpc) is 2.53. The zero-order chi connectivity index (χ0) is 17.9. The normalized spacial score (nSPS) is 16.2. The van der Waals surface area contributed by atoms with E-state index in [2.05, 4.69) is 26.8 Å². The van der Waals surface area contributed by atoms with Crippen LogP contribution in [-0.4, -0.2) is 53.9 Å². The van der Waals surface area contributed by atoms with Crippen molar-refractivity contribution in [2.45, 2.75) is 46.6 Å². The van der Waals surface area contributed by atoms with Gasteiger partial charge < -0.3 is 14.5 Å². The van der Waals surface area contributed by atoms with Gasteiger partial charge in [0.1, 0.15) is 5.75 Å². The summed E-state index contributed by atoms with van der Waals surface area (Å²) in [5.41, 5.74) is 2.47. The third kappa shape index (κ3) is 4.28. The predicted octanol–water partition coefficient (Wildman–Crippen LogP) is 2.58. The summed E-state index contributed by atoms with van der Waals surface area (Å²) < 4.78 is 5.85. The lowest BCUT2D eigenvalue weighted by molar-refractivity contribution is -0.143. The van der Waals surface area contributed by atoms with Crippen LogP contribution in [0.1, 0.15) is 44.7 Å². The minimum atomic E-state index is -0.529. The van der Waals surface area contributed by atoms with Gasteiger partial charge in [-0.2, -0.15) is 0 Å². The number of benzene rings is 1. The Bertz CT molecular complexity index is 605. The number of amides is 2. The van der Waals surface area contributed by atoms with E-state index in [0.717, 1.165) is 5.75 Å². The third-order valence-corrected chi connectivity index (χ3v) is 4.56. The van der Waals surface area contributed by atoms with E-state index in [4.69, 9.17) is 4.74 Å². The monoisotopic (exact) mass is 332 g/mol. The van der Waals surface area contributed by atoms with Gasteiger partial charge in [-0.25, -0.2) is 0 Å². The number of hydrogen-bond donors (Lipinski definition) is 0. The lowest BCUT2D eigenvalue weighted by Crippen LogP contribution is -2.52. The number of rotatable bonds is 4. The molecule has 0 aromatic heterocycles. The van der Waals surface area contributed by atoms with Crippen LogP contribution in [0.2, 0.25) is 0 Å². The van der Waals surface area contributed by atoms with Crippen molar-refractivity contribution in [2.75, 3.05) is 26.2 Å². The average molecular weight is 332 g/mol. The van der Waals surface area contributed by atoms with Crippen molar-refractivity contribution in [2.24, 2.45) is 0 Å². The fourth-order valence-corrected chi connectivity index (χ4v) is 3.12. The van der Waals surface area contributed by atoms with Gasteiger partial charge >= 0.3 is 0 Å². The van der Waals surface area contributed by atoms with E-state index in [1.165, 1.54) is 11.1 Å². The van der Waals surface area contributed by atoms with Gasteiger partial charge in [0.2, 0.25) is 5.91 Å². The van der Waals surface area contributed by atoms with Gasteiger partial charge in [0.05, 0.1) is 0 Å². The van der Waals surface area contributed by atoms with E-state index in [9.17, 15) is 9.59 Å². The maximum Gasteiger partial charge on any atom is 0.263 e. The molecule has 0 aliphatic carbocycles. The first-order valence-electron chi connectivity index (χ1n) is 8.61. The Labute approximate surface area is 144 Å². The first-order valence-corrected chi connectivity index (χ1v) is 8.61. The Hall–Kier alpha value is -2.04. The molecule has 5 heteroatoms. The van der Waals surface area contributed by atoms with Gasteiger partial charge in [0.15, 0.2) is 6.10 Å². The molecule has 1 aromatic carbocycles. The lowest BCUT2D eigenvalue weighted by atomic mass is 9.98. The van der Waals surface area contributed by atoms with Crippen molar-refractivity contribution in [3.8, 4) is 5.75 Å². The standard InChI is InChI=1S/C19H28N2O3/c1-13(2)18-7-6-17(12-14(18)3)24-15(4)19(23)21-10-8-20(9-11-21)16(5)22/h6-7,12-13,15H,8-11H2,1-5H3. The maximum absolute atomic E-state index is 12.5. The fraction of sp³-hybridized carbons (Fsp3) is 0.579. The summed E-state index contributed by atoms with van der Waals surface area (Å²) in [5.74, 6) is 1.23. The number of aryl methyl sites for hydroxylation is 1. The van der Waals surface area contributed by atoms with Gasteiger partial charge in [-0.3, -0.25) is 9.59 Å². The lowest BCUT2D eigenvalue weighted by Gasteiger charge is -2.35. The number of carbonyl (C=O) groups is 2. The van der Waals surface area contributed by atoms with Crippen molar-refractivity contribution in [1.29, 1.82) is 0 Å². The summed E-state index contributed by atoms with van der Waals surface area (Å²) in [6.45, 7) is 12.1. The van der Waals surface area contributed by atoms with E-state index in [1.54, 1.807) is 23.6 Å². The first kappa shape index (κ1) is 18.3. The second-order valence-electron chi connectivity index (χ2n) is 6.76. The van der Waals surface area contributed by atoms with Crippen LogP contribution in [-0.2, 0) is 9.59 Å². The van der Waals surface area contributed by atoms with Crippen LogP contribution in [0.25, 0.3) is 0 Å². The topological polar surface area (TPSA) is 49.9 Å². The highest BCUT2D eigenvalue weighted by atomic mass is 16.5. The summed E-state index contributed by atoms with van der Waals surface area (Å²) in [6.07, 6.45) is -0.529. The Morgan fingerprint density at radius 1 is 1.04 bits per heavy atom. The number of piperazine rings is 1. The Kier molecular flexibility index (Phi) is 5.86. The van der Waals surface area contributed by atoms with Crippen LogP contribution in [0, 0.1) is 6.92 Å². The molecule has 5 nitrogen and oxygen atoms in total. The molecule has 0 saturated carbocycles. The SMILES string of the molecule is CC(=O)N1CCN(C(=O)C(C)Oc2ccc(C(C)C)c(C)c2)CC1. The fourth-order valence-electron chi connectivity index (χ4n) is 3.12. The summed E-state index contributed by atoms with van der Waals surface area (Å²) in [4.78, 5) is 27.4. The minimum absolute atomic E-state index is 0.0243. The van der Waals surface area contributed by atoms with Gasteiger partial charge in [-0.1, -0.05) is 19.9 Å². The van der Waals surface area contributed by atoms with E-state index >= 15 is 0 Å². The molecule has 1 heterocycles. The van der Waals surface area contributed by atoms with Crippen LogP contribution >= 0.6 is 0 Å². The quantitative estimate of drug-likeness (QED) is 0.851. The molecule has 24 heavy (non-hydrogen) atoms. The molecule has 1 atom stereocenters. The zero-order valence-corrected chi connectivity index (χ0v) is 15.3. The molecule has 0 radical (unpaired) electrons. The maximum atomic E-state index is 12.5. The Morgan fingerprint density at radius 3 is 2.12 bits per heavy atom. The largest absolute Gasteiger partial charge is 0.481 e. The Morgan fingerprint density at radius 2 is 1.62 bits per heavy atom. The third-order valence-electron chi connectivity index (χ3n) is 4.56. The van der Waals surface area contributed by atoms with Crippen LogP contribution in [0.5, 0.6) is 5.75 Å². The highest BCUT2D eigenvalue weighted by Crippen LogP contribution is 2.24. The minimum Gasteiger partial charge on any atom is -0.481 e. The molecule has 132 valence electrons. The summed E-state index contributed by atoms with van der Waals surface area (Å²) in [5, 5.41) is 0. The molecule has 1 aliphatic heterocycles. The molecular weight excluding hydrogens is 304 g/mol. The number of hydrogen-bond acceptors (Lipinski definition) is 3. The first-order chi connectivity index (χ1) is 11.3. The van der Waals surface area contributed by atoms with Crippen LogP contribution in [0.15, 0.2) is 18.2 Å². The molecule has 1 fully saturated rings. The van der Waals surface area contributed by atoms with E-state index < -0.39 is 6.10 Å². The smallest absolute Gasteiger partial charge is 0.263 e. The zero-order valence-electron chi connectivity index (χ0n) is 15.3. The molecular formula is C19H28N2O3. The summed E-state index contributed by atoms with van der Waals surface area (Å²) >= 11 is 0. The van der Waals surface area contributed by atoms with Gasteiger partial charge in [0.25, 0.3) is 5.91 Å². The van der Waals surface area contributed by atoms with Crippen LogP contribution in [0.4, 0.5) is 0 Å². The van der Waals surface area contributed by atoms with Crippen LogP contribution < -0.4 is 4.74 Å². The molecule has 1 unspecified atom stereocenters. The number of carbonyl (C=O) groups excluding carboxylic acids is 2. The van der Waals surface area contributed by atoms with Crippen molar-refractivity contribution in [3.05, 3.63) is 29.3 Å². The number of nitrogens with zero attached hydrogens (tertiary/aromatic N) is 2. The summed E-state index contributed by atoms with van der Waals surface area (Å²) in [6, 6.07) is 5.99. The molecule has 2 rings (SSSR count). The second kappa shape index (κ2) is 7.69. The summed E-state index contributed by atoms with van der Waals surface area (Å²) in [7, 11) is 0. The molecule has 0 N–H and O–H groups in total. The van der Waals surface area contributed by atoms with E-state index in [1.807, 2.05) is 12.1 Å². The Balaban J connectivity index is 1.95. The molecule has 1 aliphatic rings. The molecule has 0 spiro atoms. The molecule has 1 aromatic rings. The van der Waals surface area contributed by atoms with Crippen molar-refractivity contribution in [3.63, 3.8) is 0 Å². The van der Waals surface area contributed by atoms with E-state index in [-0.39, 0.29) is 11.8 Å². The van der Waals surface area contributed by atoms with Gasteiger partial charge in [0, 0.05) is 33.1 Å². The van der Waals surface area contributed by atoms with Gasteiger partial charge in [-0.05, 0) is 43.0 Å². The van der Waals surface area contributed by atoms with Crippen molar-refractivity contribution < 1.29 is 14.3 Å². The van der Waals surface area contributed by atoms with Crippen molar-refractivity contribution in [1.82, 2.24) is 9.80 Å². The van der Waals surface area contributed by atoms with Crippen molar-refractivity contribution >= 4 is 11.8 Å². The number of ether oxygens (including phenoxy) is 1. The molecule has 2 amide bonds. The predicted molar refractivity (Wildman–Crippen MR) is 94.2 cm³/mol. The highest BCUT2D eigenvalue weighted by Gasteiger charge is 2.26. The highest BCUT2D eigenvalue weighted by molar-refractivity contribution is 5.81. The second-order valence-corrected chi connectivity index (χ2v) is 6.76. The van der Waals surface area contributed by atoms with Crippen LogP contribution in [0.3, 0.4) is 0 Å². The van der Waals surface area contributed by atoms with Gasteiger partial charge in [-0.15, -0.1) is 0 Å². The molecule has 0 bridgehead atoms.